The van der Waals surface area contributed by atoms with Gasteiger partial charge in [-0.15, -0.1) is 0 Å². The van der Waals surface area contributed by atoms with Gasteiger partial charge in [0.25, 0.3) is 0 Å². The van der Waals surface area contributed by atoms with Gasteiger partial charge < -0.3 is 34.6 Å². The predicted molar refractivity (Wildman–Crippen MR) is 130 cm³/mol. The van der Waals surface area contributed by atoms with E-state index in [0.29, 0.717) is 81.7 Å². The van der Waals surface area contributed by atoms with E-state index in [-0.39, 0.29) is 6.03 Å². The topological polar surface area (TPSA) is 106 Å². The number of carbonyl (C=O) groups is 1. The number of nitrogens with two attached hydrogens (primary N) is 1. The van der Waals surface area contributed by atoms with Crippen molar-refractivity contribution < 1.29 is 19.0 Å². The zero-order valence-corrected chi connectivity index (χ0v) is 19.9. The minimum absolute atomic E-state index is 0.0864. The average molecular weight is 471 g/mol. The Balaban J connectivity index is 1.31. The molecule has 10 nitrogen and oxygen atoms in total. The highest BCUT2D eigenvalue weighted by molar-refractivity contribution is 5.91. The van der Waals surface area contributed by atoms with Crippen LogP contribution in [0.1, 0.15) is 25.7 Å². The summed E-state index contributed by atoms with van der Waals surface area (Å²) in [6.45, 7) is 5.95. The molecule has 5 rings (SSSR count). The van der Waals surface area contributed by atoms with Crippen molar-refractivity contribution in [3.05, 3.63) is 12.1 Å². The molecule has 0 radical (unpaired) electrons. The fraction of sp³-hybridized carbons (Fsp3) is 0.625. The van der Waals surface area contributed by atoms with Gasteiger partial charge in [-0.1, -0.05) is 6.42 Å². The van der Waals surface area contributed by atoms with Crippen LogP contribution in [0, 0.1) is 5.92 Å². The van der Waals surface area contributed by atoms with Gasteiger partial charge in [-0.25, -0.2) is 9.78 Å². The van der Waals surface area contributed by atoms with Crippen molar-refractivity contribution in [1.82, 2.24) is 19.8 Å². The molecule has 2 N–H and O–H groups in total. The van der Waals surface area contributed by atoms with Gasteiger partial charge in [-0.3, -0.25) is 0 Å². The van der Waals surface area contributed by atoms with Crippen LogP contribution >= 0.6 is 0 Å². The van der Waals surface area contributed by atoms with Crippen LogP contribution < -0.4 is 20.1 Å². The van der Waals surface area contributed by atoms with Crippen molar-refractivity contribution in [2.45, 2.75) is 25.7 Å². The lowest BCUT2D eigenvalue weighted by molar-refractivity contribution is 0.0438. The van der Waals surface area contributed by atoms with Crippen molar-refractivity contribution in [3.8, 4) is 11.5 Å². The molecule has 2 aliphatic heterocycles. The first-order chi connectivity index (χ1) is 16.6. The monoisotopic (exact) mass is 470 g/mol. The van der Waals surface area contributed by atoms with Gasteiger partial charge in [0.2, 0.25) is 5.95 Å². The molecule has 2 saturated heterocycles. The third-order valence-electron chi connectivity index (χ3n) is 7.03. The number of methoxy groups -OCH3 is 1. The average Bonchev–Trinajstić information content (AvgIpc) is 3.09. The molecule has 0 spiro atoms. The molecule has 3 fully saturated rings. The van der Waals surface area contributed by atoms with Crippen LogP contribution in [0.15, 0.2) is 12.1 Å². The Hall–Kier alpha value is -3.01. The summed E-state index contributed by atoms with van der Waals surface area (Å²) < 4.78 is 17.0. The summed E-state index contributed by atoms with van der Waals surface area (Å²) in [7, 11) is 1.64. The van der Waals surface area contributed by atoms with Crippen molar-refractivity contribution in [3.63, 3.8) is 0 Å². The van der Waals surface area contributed by atoms with Crippen LogP contribution in [0.5, 0.6) is 11.5 Å². The lowest BCUT2D eigenvalue weighted by Crippen LogP contribution is -2.49. The number of hydrogen-bond acceptors (Lipinski definition) is 8. The quantitative estimate of drug-likeness (QED) is 0.710. The molecule has 1 aromatic heterocycles. The van der Waals surface area contributed by atoms with E-state index in [0.717, 1.165) is 23.9 Å². The molecule has 10 heteroatoms. The number of hydrogen-bond donors (Lipinski definition) is 1. The molecule has 184 valence electrons. The Kier molecular flexibility index (Phi) is 6.75. The van der Waals surface area contributed by atoms with E-state index in [4.69, 9.17) is 24.9 Å². The maximum absolute atomic E-state index is 12.9. The number of amides is 2. The lowest BCUT2D eigenvalue weighted by Gasteiger charge is -2.32. The molecule has 1 saturated carbocycles. The second-order valence-electron chi connectivity index (χ2n) is 9.25. The van der Waals surface area contributed by atoms with Gasteiger partial charge >= 0.3 is 6.03 Å². The molecular weight excluding hydrogens is 436 g/mol. The second kappa shape index (κ2) is 10.1. The number of nitrogens with zero attached hydrogens (tertiary/aromatic N) is 5. The van der Waals surface area contributed by atoms with E-state index in [2.05, 4.69) is 9.88 Å². The summed E-state index contributed by atoms with van der Waals surface area (Å²) in [5, 5.41) is 0.757. The predicted octanol–water partition coefficient (Wildman–Crippen LogP) is 2.36. The van der Waals surface area contributed by atoms with E-state index in [1.54, 1.807) is 7.11 Å². The van der Waals surface area contributed by atoms with Gasteiger partial charge in [-0.05, 0) is 31.2 Å². The summed E-state index contributed by atoms with van der Waals surface area (Å²) >= 11 is 0. The summed E-state index contributed by atoms with van der Waals surface area (Å²) in [4.78, 5) is 28.2. The summed E-state index contributed by atoms with van der Waals surface area (Å²) in [6, 6.07) is 3.85. The van der Waals surface area contributed by atoms with Crippen LogP contribution in [0.25, 0.3) is 10.9 Å². The van der Waals surface area contributed by atoms with Crippen molar-refractivity contribution in [1.29, 1.82) is 0 Å². The van der Waals surface area contributed by atoms with Crippen LogP contribution in [0.4, 0.5) is 16.6 Å². The third-order valence-corrected chi connectivity index (χ3v) is 7.03. The second-order valence-corrected chi connectivity index (χ2v) is 9.25. The molecule has 0 bridgehead atoms. The van der Waals surface area contributed by atoms with Crippen LogP contribution in [-0.2, 0) is 4.74 Å². The standard InChI is InChI=1S/C24H34N6O4/c1-32-20-15-19-18(14-21(20)34-16-17-4-2-5-17)22(25)27-23(26-19)28-6-3-7-29(9-8-28)24(31)30-10-12-33-13-11-30/h14-15,17H,2-13,16H2,1H3,(H2,25,26,27). The molecule has 1 aliphatic carbocycles. The van der Waals surface area contributed by atoms with E-state index < -0.39 is 0 Å². The van der Waals surface area contributed by atoms with Gasteiger partial charge in [0, 0.05) is 50.7 Å². The van der Waals surface area contributed by atoms with Crippen molar-refractivity contribution in [2.75, 3.05) is 76.8 Å². The maximum atomic E-state index is 12.9. The summed E-state index contributed by atoms with van der Waals surface area (Å²) in [5.41, 5.74) is 7.10. The fourth-order valence-electron chi connectivity index (χ4n) is 4.69. The number of rotatable bonds is 5. The zero-order valence-electron chi connectivity index (χ0n) is 19.9. The zero-order chi connectivity index (χ0) is 23.5. The van der Waals surface area contributed by atoms with Crippen molar-refractivity contribution in [2.24, 2.45) is 5.92 Å². The molecular formula is C24H34N6O4. The fourth-order valence-corrected chi connectivity index (χ4v) is 4.69. The molecule has 1 aromatic carbocycles. The van der Waals surface area contributed by atoms with E-state index in [1.807, 2.05) is 21.9 Å². The van der Waals surface area contributed by atoms with Gasteiger partial charge in [0.15, 0.2) is 11.5 Å². The molecule has 2 aromatic rings. The lowest BCUT2D eigenvalue weighted by atomic mass is 9.86. The Morgan fingerprint density at radius 2 is 1.82 bits per heavy atom. The number of benzene rings is 1. The first kappa shape index (κ1) is 22.8. The highest BCUT2D eigenvalue weighted by atomic mass is 16.5. The molecule has 3 heterocycles. The van der Waals surface area contributed by atoms with Crippen LogP contribution in [-0.4, -0.2) is 92.0 Å². The third kappa shape index (κ3) is 4.77. The molecule has 0 unspecified atom stereocenters. The Morgan fingerprint density at radius 3 is 2.56 bits per heavy atom. The normalized spacial score (nSPS) is 19.6. The number of anilines is 2. The molecule has 0 atom stereocenters. The first-order valence-corrected chi connectivity index (χ1v) is 12.3. The van der Waals surface area contributed by atoms with Crippen LogP contribution in [0.2, 0.25) is 0 Å². The first-order valence-electron chi connectivity index (χ1n) is 12.3. The summed E-state index contributed by atoms with van der Waals surface area (Å²) in [5.74, 6) is 2.94. The molecule has 2 amide bonds. The minimum Gasteiger partial charge on any atom is -0.493 e. The number of fused-ring (bicyclic) bond motifs is 1. The number of aromatic nitrogens is 2. The maximum Gasteiger partial charge on any atom is 0.320 e. The molecule has 3 aliphatic rings. The highest BCUT2D eigenvalue weighted by Gasteiger charge is 2.26. The van der Waals surface area contributed by atoms with E-state index >= 15 is 0 Å². The smallest absolute Gasteiger partial charge is 0.320 e. The Bertz CT molecular complexity index is 1020. The number of ether oxygens (including phenoxy) is 3. The SMILES string of the molecule is COc1cc2nc(N3CCCN(C(=O)N4CCOCC4)CC3)nc(N)c2cc1OCC1CCC1. The van der Waals surface area contributed by atoms with Crippen LogP contribution in [0.3, 0.4) is 0 Å². The number of morpholine rings is 1. The minimum atomic E-state index is 0.0864. The van der Waals surface area contributed by atoms with Crippen molar-refractivity contribution >= 4 is 28.7 Å². The van der Waals surface area contributed by atoms with E-state index in [9.17, 15) is 4.79 Å². The van der Waals surface area contributed by atoms with Gasteiger partial charge in [-0.2, -0.15) is 4.98 Å². The molecule has 34 heavy (non-hydrogen) atoms. The number of carbonyl (C=O) groups excluding carboxylic acids is 1. The van der Waals surface area contributed by atoms with E-state index in [1.165, 1.54) is 19.3 Å². The Labute approximate surface area is 199 Å². The highest BCUT2D eigenvalue weighted by Crippen LogP contribution is 2.36. The van der Waals surface area contributed by atoms with Gasteiger partial charge in [0.05, 0.1) is 32.4 Å². The summed E-state index contributed by atoms with van der Waals surface area (Å²) in [6.07, 6.45) is 4.56. The number of nitrogen functional groups attached to an aromatic ring is 1. The Morgan fingerprint density at radius 1 is 1.03 bits per heavy atom. The van der Waals surface area contributed by atoms with Gasteiger partial charge in [0.1, 0.15) is 5.82 Å². The largest absolute Gasteiger partial charge is 0.493 e. The number of urea groups is 1.